The molecule has 0 spiro atoms. The van der Waals surface area contributed by atoms with Crippen LogP contribution in [0.15, 0.2) is 22.7 Å². The molecule has 4 nitrogen and oxygen atoms in total. The molecule has 2 rings (SSSR count). The number of anilines is 1. The van der Waals surface area contributed by atoms with Crippen LogP contribution in [0.2, 0.25) is 0 Å². The average molecular weight is 317 g/mol. The molecule has 2 aromatic heterocycles. The molecule has 15 heavy (non-hydrogen) atoms. The zero-order valence-electron chi connectivity index (χ0n) is 8.62. The van der Waals surface area contributed by atoms with E-state index in [9.17, 15) is 0 Å². The summed E-state index contributed by atoms with van der Waals surface area (Å²) >= 11 is 2.15. The molecule has 0 aromatic carbocycles. The Balaban J connectivity index is 2.01. The summed E-state index contributed by atoms with van der Waals surface area (Å²) in [7, 11) is 1.91. The predicted molar refractivity (Wildman–Crippen MR) is 66.7 cm³/mol. The summed E-state index contributed by atoms with van der Waals surface area (Å²) < 4.78 is 8.15. The number of aromatic nitrogens is 2. The van der Waals surface area contributed by atoms with Gasteiger partial charge in [-0.05, 0) is 41.6 Å². The minimum absolute atomic E-state index is 0.690. The van der Waals surface area contributed by atoms with Gasteiger partial charge in [0, 0.05) is 13.2 Å². The lowest BCUT2D eigenvalue weighted by atomic mass is 10.4. The van der Waals surface area contributed by atoms with E-state index in [0.717, 1.165) is 20.9 Å². The second-order valence-electron chi connectivity index (χ2n) is 3.36. The van der Waals surface area contributed by atoms with Gasteiger partial charge in [-0.25, -0.2) is 0 Å². The molecule has 0 aliphatic carbocycles. The molecule has 5 heteroatoms. The van der Waals surface area contributed by atoms with Gasteiger partial charge in [-0.2, -0.15) is 5.10 Å². The van der Waals surface area contributed by atoms with E-state index in [-0.39, 0.29) is 0 Å². The third-order valence-corrected chi connectivity index (χ3v) is 2.68. The SMILES string of the molecule is Cc1nn(C)cc1NCc1ccc(I)o1. The molecule has 0 saturated carbocycles. The highest BCUT2D eigenvalue weighted by Crippen LogP contribution is 2.15. The predicted octanol–water partition coefficient (Wildman–Crippen LogP) is 2.54. The second kappa shape index (κ2) is 4.26. The Morgan fingerprint density at radius 1 is 1.53 bits per heavy atom. The Hall–Kier alpha value is -0.980. The van der Waals surface area contributed by atoms with Crippen LogP contribution in [0.25, 0.3) is 0 Å². The van der Waals surface area contributed by atoms with Gasteiger partial charge in [0.15, 0.2) is 3.77 Å². The van der Waals surface area contributed by atoms with E-state index >= 15 is 0 Å². The molecular formula is C10H12IN3O. The van der Waals surface area contributed by atoms with Gasteiger partial charge in [0.1, 0.15) is 5.76 Å². The lowest BCUT2D eigenvalue weighted by Gasteiger charge is -2.01. The van der Waals surface area contributed by atoms with E-state index in [1.54, 1.807) is 4.68 Å². The molecule has 0 aliphatic rings. The van der Waals surface area contributed by atoms with Crippen molar-refractivity contribution >= 4 is 28.3 Å². The molecule has 2 aromatic rings. The maximum Gasteiger partial charge on any atom is 0.164 e. The molecule has 0 aliphatic heterocycles. The molecule has 0 fully saturated rings. The maximum atomic E-state index is 5.45. The Morgan fingerprint density at radius 2 is 2.33 bits per heavy atom. The maximum absolute atomic E-state index is 5.45. The Kier molecular flexibility index (Phi) is 2.99. The smallest absolute Gasteiger partial charge is 0.164 e. The molecular weight excluding hydrogens is 305 g/mol. The minimum atomic E-state index is 0.690. The number of nitrogens with zero attached hydrogens (tertiary/aromatic N) is 2. The molecule has 1 N–H and O–H groups in total. The van der Waals surface area contributed by atoms with Crippen molar-refractivity contribution in [2.24, 2.45) is 7.05 Å². The van der Waals surface area contributed by atoms with Crippen molar-refractivity contribution in [1.29, 1.82) is 0 Å². The van der Waals surface area contributed by atoms with Crippen molar-refractivity contribution in [3.63, 3.8) is 0 Å². The molecule has 0 unspecified atom stereocenters. The van der Waals surface area contributed by atoms with Crippen LogP contribution in [0.1, 0.15) is 11.5 Å². The van der Waals surface area contributed by atoms with Gasteiger partial charge in [-0.3, -0.25) is 4.68 Å². The standard InChI is InChI=1S/C10H12IN3O/c1-7-9(6-14(2)13-7)12-5-8-3-4-10(11)15-8/h3-4,6,12H,5H2,1-2H3. The highest BCUT2D eigenvalue weighted by Gasteiger charge is 2.03. The minimum Gasteiger partial charge on any atom is -0.454 e. The van der Waals surface area contributed by atoms with Crippen molar-refractivity contribution in [3.8, 4) is 0 Å². The van der Waals surface area contributed by atoms with Gasteiger partial charge in [0.2, 0.25) is 0 Å². The summed E-state index contributed by atoms with van der Waals surface area (Å²) in [6.07, 6.45) is 1.96. The zero-order chi connectivity index (χ0) is 10.8. The average Bonchev–Trinajstić information content (AvgIpc) is 2.70. The van der Waals surface area contributed by atoms with Crippen molar-refractivity contribution in [2.75, 3.05) is 5.32 Å². The summed E-state index contributed by atoms with van der Waals surface area (Å²) in [5.74, 6) is 0.933. The highest BCUT2D eigenvalue weighted by molar-refractivity contribution is 14.1. The van der Waals surface area contributed by atoms with Gasteiger partial charge in [-0.1, -0.05) is 0 Å². The topological polar surface area (TPSA) is 43.0 Å². The van der Waals surface area contributed by atoms with Crippen LogP contribution < -0.4 is 5.32 Å². The molecule has 0 atom stereocenters. The van der Waals surface area contributed by atoms with E-state index in [2.05, 4.69) is 33.0 Å². The van der Waals surface area contributed by atoms with E-state index in [1.165, 1.54) is 0 Å². The van der Waals surface area contributed by atoms with E-state index < -0.39 is 0 Å². The Morgan fingerprint density at radius 3 is 2.87 bits per heavy atom. The first-order chi connectivity index (χ1) is 7.15. The van der Waals surface area contributed by atoms with Gasteiger partial charge in [-0.15, -0.1) is 0 Å². The first-order valence-electron chi connectivity index (χ1n) is 4.63. The van der Waals surface area contributed by atoms with E-state index in [1.807, 2.05) is 32.3 Å². The van der Waals surface area contributed by atoms with Crippen LogP contribution in [-0.2, 0) is 13.6 Å². The van der Waals surface area contributed by atoms with Crippen LogP contribution in [0.3, 0.4) is 0 Å². The number of halogens is 1. The summed E-state index contributed by atoms with van der Waals surface area (Å²) in [6, 6.07) is 3.92. The summed E-state index contributed by atoms with van der Waals surface area (Å²) in [6.45, 7) is 2.67. The molecule has 80 valence electrons. The fourth-order valence-electron chi connectivity index (χ4n) is 1.40. The quantitative estimate of drug-likeness (QED) is 0.885. The van der Waals surface area contributed by atoms with Gasteiger partial charge >= 0.3 is 0 Å². The van der Waals surface area contributed by atoms with Gasteiger partial charge in [0.25, 0.3) is 0 Å². The van der Waals surface area contributed by atoms with Crippen molar-refractivity contribution < 1.29 is 4.42 Å². The number of hydrogen-bond donors (Lipinski definition) is 1. The van der Waals surface area contributed by atoms with E-state index in [0.29, 0.717) is 6.54 Å². The largest absolute Gasteiger partial charge is 0.454 e. The number of hydrogen-bond acceptors (Lipinski definition) is 3. The van der Waals surface area contributed by atoms with Crippen LogP contribution in [0, 0.1) is 10.7 Å². The summed E-state index contributed by atoms with van der Waals surface area (Å²) in [4.78, 5) is 0. The van der Waals surface area contributed by atoms with Crippen LogP contribution in [0.4, 0.5) is 5.69 Å². The highest BCUT2D eigenvalue weighted by atomic mass is 127. The van der Waals surface area contributed by atoms with Crippen molar-refractivity contribution in [3.05, 3.63) is 33.6 Å². The first-order valence-corrected chi connectivity index (χ1v) is 5.71. The van der Waals surface area contributed by atoms with Crippen LogP contribution in [0.5, 0.6) is 0 Å². The number of aryl methyl sites for hydroxylation is 2. The lowest BCUT2D eigenvalue weighted by Crippen LogP contribution is -1.98. The third kappa shape index (κ3) is 2.53. The fourth-order valence-corrected chi connectivity index (χ4v) is 1.86. The molecule has 2 heterocycles. The number of rotatable bonds is 3. The molecule has 0 saturated heterocycles. The molecule has 0 bridgehead atoms. The summed E-state index contributed by atoms with van der Waals surface area (Å²) in [5.41, 5.74) is 2.04. The summed E-state index contributed by atoms with van der Waals surface area (Å²) in [5, 5.41) is 7.53. The zero-order valence-corrected chi connectivity index (χ0v) is 10.8. The second-order valence-corrected chi connectivity index (χ2v) is 4.42. The molecule has 0 radical (unpaired) electrons. The Bertz CT molecular complexity index is 461. The van der Waals surface area contributed by atoms with Crippen LogP contribution >= 0.6 is 22.6 Å². The third-order valence-electron chi connectivity index (χ3n) is 2.10. The van der Waals surface area contributed by atoms with E-state index in [4.69, 9.17) is 4.42 Å². The first kappa shape index (κ1) is 10.5. The van der Waals surface area contributed by atoms with Crippen LogP contribution in [-0.4, -0.2) is 9.78 Å². The number of nitrogens with one attached hydrogen (secondary N) is 1. The van der Waals surface area contributed by atoms with Gasteiger partial charge < -0.3 is 9.73 Å². The normalized spacial score (nSPS) is 10.6. The van der Waals surface area contributed by atoms with Crippen molar-refractivity contribution in [1.82, 2.24) is 9.78 Å². The monoisotopic (exact) mass is 317 g/mol. The lowest BCUT2D eigenvalue weighted by molar-refractivity contribution is 0.493. The molecule has 0 amide bonds. The number of furan rings is 1. The Labute approximate surface area is 102 Å². The fraction of sp³-hybridized carbons (Fsp3) is 0.300. The van der Waals surface area contributed by atoms with Gasteiger partial charge in [0.05, 0.1) is 17.9 Å². The van der Waals surface area contributed by atoms with Crippen molar-refractivity contribution in [2.45, 2.75) is 13.5 Å².